The van der Waals surface area contributed by atoms with Gasteiger partial charge in [-0.15, -0.1) is 0 Å². The molecule has 0 aromatic heterocycles. The fourth-order valence-electron chi connectivity index (χ4n) is 1.31. The number of aliphatic hydroxyl groups excluding tert-OH is 2. The molecule has 0 heterocycles. The zero-order chi connectivity index (χ0) is 12.2. The Hall–Kier alpha value is -0.160. The normalized spacial score (nSPS) is 13.3. The van der Waals surface area contributed by atoms with Crippen LogP contribution in [0.4, 0.5) is 0 Å². The van der Waals surface area contributed by atoms with Crippen molar-refractivity contribution in [2.24, 2.45) is 5.92 Å². The highest BCUT2D eigenvalue weighted by molar-refractivity contribution is 4.58. The van der Waals surface area contributed by atoms with Crippen LogP contribution in [-0.2, 0) is 4.74 Å². The third-order valence-corrected chi connectivity index (χ3v) is 2.15. The predicted octanol–water partition coefficient (Wildman–Crippen LogP) is 0.772. The van der Waals surface area contributed by atoms with Gasteiger partial charge in [0.15, 0.2) is 0 Å². The molecule has 0 aliphatic carbocycles. The van der Waals surface area contributed by atoms with Crippen LogP contribution in [0.1, 0.15) is 33.1 Å². The molecule has 16 heavy (non-hydrogen) atoms. The second-order valence-electron chi connectivity index (χ2n) is 4.57. The Morgan fingerprint density at radius 2 is 1.88 bits per heavy atom. The summed E-state index contributed by atoms with van der Waals surface area (Å²) >= 11 is 0. The van der Waals surface area contributed by atoms with Crippen molar-refractivity contribution in [2.45, 2.75) is 39.2 Å². The average molecular weight is 233 g/mol. The van der Waals surface area contributed by atoms with Crippen molar-refractivity contribution < 1.29 is 14.9 Å². The van der Waals surface area contributed by atoms with E-state index >= 15 is 0 Å². The van der Waals surface area contributed by atoms with Crippen LogP contribution in [0.2, 0.25) is 0 Å². The van der Waals surface area contributed by atoms with Crippen molar-refractivity contribution in [3.05, 3.63) is 0 Å². The minimum Gasteiger partial charge on any atom is -0.396 e. The monoisotopic (exact) mass is 233 g/mol. The van der Waals surface area contributed by atoms with E-state index in [0.717, 1.165) is 25.8 Å². The molecule has 0 bridgehead atoms. The summed E-state index contributed by atoms with van der Waals surface area (Å²) in [6.45, 7) is 7.02. The Morgan fingerprint density at radius 3 is 2.50 bits per heavy atom. The fourth-order valence-corrected chi connectivity index (χ4v) is 1.31. The van der Waals surface area contributed by atoms with Gasteiger partial charge < -0.3 is 20.3 Å². The van der Waals surface area contributed by atoms with E-state index in [0.29, 0.717) is 25.7 Å². The molecule has 3 N–H and O–H groups in total. The maximum atomic E-state index is 9.54. The molecule has 4 nitrogen and oxygen atoms in total. The van der Waals surface area contributed by atoms with Gasteiger partial charge in [0.25, 0.3) is 0 Å². The van der Waals surface area contributed by atoms with E-state index in [9.17, 15) is 5.11 Å². The third-order valence-electron chi connectivity index (χ3n) is 2.15. The van der Waals surface area contributed by atoms with Crippen molar-refractivity contribution in [1.82, 2.24) is 5.32 Å². The average Bonchev–Trinajstić information content (AvgIpc) is 2.22. The van der Waals surface area contributed by atoms with Crippen LogP contribution in [0.15, 0.2) is 0 Å². The van der Waals surface area contributed by atoms with Crippen LogP contribution in [0.5, 0.6) is 0 Å². The van der Waals surface area contributed by atoms with Crippen LogP contribution in [-0.4, -0.2) is 49.2 Å². The quantitative estimate of drug-likeness (QED) is 0.461. The van der Waals surface area contributed by atoms with E-state index in [1.54, 1.807) is 0 Å². The van der Waals surface area contributed by atoms with Gasteiger partial charge in [0.1, 0.15) is 0 Å². The Bertz CT molecular complexity index is 142. The van der Waals surface area contributed by atoms with Gasteiger partial charge in [0.05, 0.1) is 12.7 Å². The Morgan fingerprint density at radius 1 is 1.12 bits per heavy atom. The minimum absolute atomic E-state index is 0.270. The summed E-state index contributed by atoms with van der Waals surface area (Å²) in [4.78, 5) is 0. The second kappa shape index (κ2) is 11.3. The molecule has 0 amide bonds. The van der Waals surface area contributed by atoms with Crippen LogP contribution in [0, 0.1) is 5.92 Å². The molecular formula is C12H27NO3. The van der Waals surface area contributed by atoms with Gasteiger partial charge >= 0.3 is 0 Å². The number of aliphatic hydroxyl groups is 2. The van der Waals surface area contributed by atoms with Crippen molar-refractivity contribution in [2.75, 3.05) is 32.9 Å². The van der Waals surface area contributed by atoms with E-state index in [1.807, 2.05) is 0 Å². The summed E-state index contributed by atoms with van der Waals surface area (Å²) in [6.07, 6.45) is 2.52. The molecule has 0 aliphatic heterocycles. The number of unbranched alkanes of at least 4 members (excludes halogenated alkanes) is 2. The zero-order valence-corrected chi connectivity index (χ0v) is 10.6. The van der Waals surface area contributed by atoms with E-state index in [1.165, 1.54) is 0 Å². The van der Waals surface area contributed by atoms with Crippen molar-refractivity contribution in [3.63, 3.8) is 0 Å². The number of ether oxygens (including phenoxy) is 1. The molecule has 0 spiro atoms. The molecule has 0 aliphatic rings. The first-order valence-corrected chi connectivity index (χ1v) is 6.24. The lowest BCUT2D eigenvalue weighted by atomic mass is 10.2. The molecule has 0 saturated carbocycles. The predicted molar refractivity (Wildman–Crippen MR) is 65.5 cm³/mol. The summed E-state index contributed by atoms with van der Waals surface area (Å²) in [6, 6.07) is 0. The maximum Gasteiger partial charge on any atom is 0.0897 e. The van der Waals surface area contributed by atoms with Crippen molar-refractivity contribution in [3.8, 4) is 0 Å². The summed E-state index contributed by atoms with van der Waals surface area (Å²) in [5.41, 5.74) is 0. The molecule has 0 saturated heterocycles. The molecule has 1 atom stereocenters. The first-order valence-electron chi connectivity index (χ1n) is 6.24. The molecule has 0 radical (unpaired) electrons. The molecule has 1 unspecified atom stereocenters. The number of rotatable bonds is 11. The smallest absolute Gasteiger partial charge is 0.0897 e. The lowest BCUT2D eigenvalue weighted by Gasteiger charge is -2.13. The van der Waals surface area contributed by atoms with Crippen LogP contribution in [0.25, 0.3) is 0 Å². The maximum absolute atomic E-state index is 9.54. The Labute approximate surface area is 99.0 Å². The van der Waals surface area contributed by atoms with Gasteiger partial charge in [0.2, 0.25) is 0 Å². The summed E-state index contributed by atoms with van der Waals surface area (Å²) in [5.74, 6) is 0.513. The molecular weight excluding hydrogens is 206 g/mol. The first kappa shape index (κ1) is 15.8. The van der Waals surface area contributed by atoms with Gasteiger partial charge in [-0.05, 0) is 31.7 Å². The lowest BCUT2D eigenvalue weighted by Crippen LogP contribution is -2.31. The first-order chi connectivity index (χ1) is 7.66. The van der Waals surface area contributed by atoms with E-state index in [4.69, 9.17) is 9.84 Å². The standard InChI is InChI=1S/C12H27NO3/c1-11(2)9-16-10-12(15)8-13-6-4-3-5-7-14/h11-15H,3-10H2,1-2H3. The Balaban J connectivity index is 3.14. The number of hydrogen-bond acceptors (Lipinski definition) is 4. The summed E-state index contributed by atoms with van der Waals surface area (Å²) in [7, 11) is 0. The van der Waals surface area contributed by atoms with E-state index < -0.39 is 6.10 Å². The summed E-state index contributed by atoms with van der Waals surface area (Å²) < 4.78 is 5.33. The zero-order valence-electron chi connectivity index (χ0n) is 10.6. The summed E-state index contributed by atoms with van der Waals surface area (Å²) in [5, 5.41) is 21.3. The molecule has 0 fully saturated rings. The lowest BCUT2D eigenvalue weighted by molar-refractivity contribution is 0.0262. The second-order valence-corrected chi connectivity index (χ2v) is 4.57. The highest BCUT2D eigenvalue weighted by atomic mass is 16.5. The number of hydrogen-bond donors (Lipinski definition) is 3. The molecule has 0 aromatic carbocycles. The highest BCUT2D eigenvalue weighted by Gasteiger charge is 2.03. The van der Waals surface area contributed by atoms with Gasteiger partial charge in [-0.2, -0.15) is 0 Å². The van der Waals surface area contributed by atoms with Crippen molar-refractivity contribution >= 4 is 0 Å². The van der Waals surface area contributed by atoms with Crippen molar-refractivity contribution in [1.29, 1.82) is 0 Å². The molecule has 0 aromatic rings. The van der Waals surface area contributed by atoms with Crippen LogP contribution >= 0.6 is 0 Å². The third kappa shape index (κ3) is 11.9. The fraction of sp³-hybridized carbons (Fsp3) is 1.00. The molecule has 0 rings (SSSR count). The highest BCUT2D eigenvalue weighted by Crippen LogP contribution is 1.94. The van der Waals surface area contributed by atoms with E-state index in [-0.39, 0.29) is 6.61 Å². The number of nitrogens with one attached hydrogen (secondary N) is 1. The van der Waals surface area contributed by atoms with Gasteiger partial charge in [0, 0.05) is 19.8 Å². The topological polar surface area (TPSA) is 61.7 Å². The molecule has 4 heteroatoms. The SMILES string of the molecule is CC(C)COCC(O)CNCCCCCO. The Kier molecular flexibility index (Phi) is 11.2. The van der Waals surface area contributed by atoms with Crippen LogP contribution < -0.4 is 5.32 Å². The van der Waals surface area contributed by atoms with Crippen LogP contribution in [0.3, 0.4) is 0 Å². The van der Waals surface area contributed by atoms with Gasteiger partial charge in [-0.3, -0.25) is 0 Å². The van der Waals surface area contributed by atoms with Gasteiger partial charge in [-0.1, -0.05) is 13.8 Å². The largest absolute Gasteiger partial charge is 0.396 e. The molecule has 98 valence electrons. The van der Waals surface area contributed by atoms with Gasteiger partial charge in [-0.25, -0.2) is 0 Å². The minimum atomic E-state index is -0.420. The van der Waals surface area contributed by atoms with E-state index in [2.05, 4.69) is 19.2 Å².